The molecule has 0 radical (unpaired) electrons. The van der Waals surface area contributed by atoms with Crippen LogP contribution in [0, 0.1) is 0 Å². The van der Waals surface area contributed by atoms with Crippen molar-refractivity contribution in [3.8, 4) is 0 Å². The van der Waals surface area contributed by atoms with Crippen molar-refractivity contribution in [1.82, 2.24) is 9.88 Å². The van der Waals surface area contributed by atoms with E-state index in [0.29, 0.717) is 18.4 Å². The molecule has 0 fully saturated rings. The van der Waals surface area contributed by atoms with Gasteiger partial charge >= 0.3 is 6.03 Å². The van der Waals surface area contributed by atoms with Crippen LogP contribution in [0.4, 0.5) is 10.5 Å². The molecule has 2 N–H and O–H groups in total. The number of rotatable bonds is 9. The fraction of sp³-hybridized carbons (Fsp3) is 0.464. The van der Waals surface area contributed by atoms with E-state index in [1.165, 1.54) is 27.6 Å². The van der Waals surface area contributed by atoms with Gasteiger partial charge in [0.25, 0.3) is 0 Å². The Kier molecular flexibility index (Phi) is 8.00. The van der Waals surface area contributed by atoms with E-state index in [1.807, 2.05) is 0 Å². The summed E-state index contributed by atoms with van der Waals surface area (Å²) >= 11 is 0. The van der Waals surface area contributed by atoms with Gasteiger partial charge in [0, 0.05) is 42.3 Å². The molecule has 1 atom stereocenters. The number of nitrogens with one attached hydrogen (secondary N) is 2. The molecule has 0 saturated carbocycles. The van der Waals surface area contributed by atoms with E-state index in [9.17, 15) is 4.79 Å². The lowest BCUT2D eigenvalue weighted by atomic mass is 9.92. The minimum atomic E-state index is -0.123. The molecular formula is C28H39N3O. The molecule has 32 heavy (non-hydrogen) atoms. The highest BCUT2D eigenvalue weighted by Crippen LogP contribution is 2.33. The van der Waals surface area contributed by atoms with Crippen molar-refractivity contribution < 1.29 is 4.79 Å². The predicted octanol–water partition coefficient (Wildman–Crippen LogP) is 7.52. The normalized spacial score (nSPS) is 12.5. The highest BCUT2D eigenvalue weighted by Gasteiger charge is 2.20. The molecule has 0 aliphatic carbocycles. The lowest BCUT2D eigenvalue weighted by Gasteiger charge is -2.22. The summed E-state index contributed by atoms with van der Waals surface area (Å²) in [6, 6.07) is 14.7. The molecule has 2 aromatic carbocycles. The molecule has 3 aromatic rings. The SMILES string of the molecule is CCCCC(CNC(=O)Nc1c(C(C)C)cccc1C(C)C)c1cn(C)c2ccccc12. The summed E-state index contributed by atoms with van der Waals surface area (Å²) in [5.41, 5.74) is 5.89. The molecule has 4 heteroatoms. The number of amides is 2. The maximum atomic E-state index is 13.0. The zero-order valence-electron chi connectivity index (χ0n) is 20.5. The van der Waals surface area contributed by atoms with Crippen LogP contribution < -0.4 is 10.6 Å². The Balaban J connectivity index is 1.80. The van der Waals surface area contributed by atoms with E-state index < -0.39 is 0 Å². The summed E-state index contributed by atoms with van der Waals surface area (Å²) < 4.78 is 2.19. The van der Waals surface area contributed by atoms with Crippen molar-refractivity contribution in [2.24, 2.45) is 7.05 Å². The number of hydrogen-bond acceptors (Lipinski definition) is 1. The Labute approximate surface area is 193 Å². The molecule has 3 rings (SSSR count). The van der Waals surface area contributed by atoms with E-state index in [4.69, 9.17) is 0 Å². The number of hydrogen-bond donors (Lipinski definition) is 2. The van der Waals surface area contributed by atoms with Gasteiger partial charge in [-0.1, -0.05) is 83.9 Å². The fourth-order valence-corrected chi connectivity index (χ4v) is 4.59. The smallest absolute Gasteiger partial charge is 0.319 e. The highest BCUT2D eigenvalue weighted by molar-refractivity contribution is 5.91. The van der Waals surface area contributed by atoms with Crippen molar-refractivity contribution in [3.05, 3.63) is 65.4 Å². The van der Waals surface area contributed by atoms with Crippen LogP contribution in [0.15, 0.2) is 48.7 Å². The molecular weight excluding hydrogens is 394 g/mol. The summed E-state index contributed by atoms with van der Waals surface area (Å²) in [5, 5.41) is 7.66. The van der Waals surface area contributed by atoms with Gasteiger partial charge in [-0.15, -0.1) is 0 Å². The molecule has 1 heterocycles. The number of unbranched alkanes of at least 4 members (excludes halogenated alkanes) is 1. The van der Waals surface area contributed by atoms with Crippen LogP contribution in [0.3, 0.4) is 0 Å². The van der Waals surface area contributed by atoms with Crippen LogP contribution in [0.5, 0.6) is 0 Å². The first-order valence-corrected chi connectivity index (χ1v) is 12.0. The number of carbonyl (C=O) groups is 1. The standard InChI is InChI=1S/C28H39N3O/c1-7-8-12-21(25-18-31(6)26-16-10-9-13-24(25)26)17-29-28(32)30-27-22(19(2)3)14-11-15-23(27)20(4)5/h9-11,13-16,18-21H,7-8,12,17H2,1-6H3,(H2,29,30,32). The molecule has 1 unspecified atom stereocenters. The molecule has 2 amide bonds. The van der Waals surface area contributed by atoms with E-state index in [-0.39, 0.29) is 11.9 Å². The third-order valence-electron chi connectivity index (χ3n) is 6.39. The Morgan fingerprint density at radius 3 is 2.22 bits per heavy atom. The number of aryl methyl sites for hydroxylation is 1. The van der Waals surface area contributed by atoms with Crippen LogP contribution in [-0.2, 0) is 7.05 Å². The van der Waals surface area contributed by atoms with Gasteiger partial charge in [-0.3, -0.25) is 0 Å². The second kappa shape index (κ2) is 10.7. The molecule has 0 aliphatic rings. The fourth-order valence-electron chi connectivity index (χ4n) is 4.59. The van der Waals surface area contributed by atoms with E-state index in [1.54, 1.807) is 0 Å². The number of urea groups is 1. The highest BCUT2D eigenvalue weighted by atomic mass is 16.2. The number of nitrogens with zero attached hydrogens (tertiary/aromatic N) is 1. The first kappa shape index (κ1) is 23.9. The van der Waals surface area contributed by atoms with E-state index >= 15 is 0 Å². The second-order valence-electron chi connectivity index (χ2n) is 9.51. The quantitative estimate of drug-likeness (QED) is 0.360. The zero-order valence-corrected chi connectivity index (χ0v) is 20.5. The minimum absolute atomic E-state index is 0.123. The minimum Gasteiger partial charge on any atom is -0.350 e. The average molecular weight is 434 g/mol. The van der Waals surface area contributed by atoms with Crippen LogP contribution in [0.2, 0.25) is 0 Å². The number of anilines is 1. The van der Waals surface area contributed by atoms with Gasteiger partial charge in [-0.2, -0.15) is 0 Å². The van der Waals surface area contributed by atoms with Crippen molar-refractivity contribution in [1.29, 1.82) is 0 Å². The Morgan fingerprint density at radius 2 is 1.59 bits per heavy atom. The summed E-state index contributed by atoms with van der Waals surface area (Å²) in [5.74, 6) is 0.977. The largest absolute Gasteiger partial charge is 0.350 e. The average Bonchev–Trinajstić information content (AvgIpc) is 3.10. The molecule has 0 aliphatic heterocycles. The third-order valence-corrected chi connectivity index (χ3v) is 6.39. The first-order valence-electron chi connectivity index (χ1n) is 12.0. The van der Waals surface area contributed by atoms with E-state index in [2.05, 4.69) is 106 Å². The van der Waals surface area contributed by atoms with Gasteiger partial charge in [0.05, 0.1) is 0 Å². The number of carbonyl (C=O) groups excluding carboxylic acids is 1. The Morgan fingerprint density at radius 1 is 0.938 bits per heavy atom. The second-order valence-corrected chi connectivity index (χ2v) is 9.51. The summed E-state index contributed by atoms with van der Waals surface area (Å²) in [6.45, 7) is 11.5. The van der Waals surface area contributed by atoms with E-state index in [0.717, 1.165) is 24.9 Å². The van der Waals surface area contributed by atoms with Gasteiger partial charge < -0.3 is 15.2 Å². The van der Waals surface area contributed by atoms with Gasteiger partial charge in [-0.25, -0.2) is 4.79 Å². The van der Waals surface area contributed by atoms with Gasteiger partial charge in [-0.05, 0) is 41.0 Å². The van der Waals surface area contributed by atoms with Crippen molar-refractivity contribution in [2.75, 3.05) is 11.9 Å². The van der Waals surface area contributed by atoms with Gasteiger partial charge in [0.2, 0.25) is 0 Å². The van der Waals surface area contributed by atoms with Crippen molar-refractivity contribution in [3.63, 3.8) is 0 Å². The summed E-state index contributed by atoms with van der Waals surface area (Å²) in [6.07, 6.45) is 5.58. The lowest BCUT2D eigenvalue weighted by molar-refractivity contribution is 0.251. The number of aromatic nitrogens is 1. The molecule has 1 aromatic heterocycles. The maximum Gasteiger partial charge on any atom is 0.319 e. The van der Waals surface area contributed by atoms with Crippen molar-refractivity contribution in [2.45, 2.75) is 71.6 Å². The van der Waals surface area contributed by atoms with Crippen molar-refractivity contribution >= 4 is 22.6 Å². The number of para-hydroxylation sites is 2. The van der Waals surface area contributed by atoms with Crippen LogP contribution in [0.1, 0.15) is 88.3 Å². The van der Waals surface area contributed by atoms with Gasteiger partial charge in [0.15, 0.2) is 0 Å². The zero-order chi connectivity index (χ0) is 23.3. The molecule has 172 valence electrons. The molecule has 4 nitrogen and oxygen atoms in total. The summed E-state index contributed by atoms with van der Waals surface area (Å²) in [4.78, 5) is 13.0. The summed E-state index contributed by atoms with van der Waals surface area (Å²) in [7, 11) is 2.10. The third kappa shape index (κ3) is 5.35. The van der Waals surface area contributed by atoms with Crippen LogP contribution in [0.25, 0.3) is 10.9 Å². The topological polar surface area (TPSA) is 46.1 Å². The van der Waals surface area contributed by atoms with Crippen LogP contribution >= 0.6 is 0 Å². The van der Waals surface area contributed by atoms with Crippen LogP contribution in [-0.4, -0.2) is 17.1 Å². The molecule has 0 spiro atoms. The van der Waals surface area contributed by atoms with Gasteiger partial charge in [0.1, 0.15) is 0 Å². The Bertz CT molecular complexity index is 1020. The number of fused-ring (bicyclic) bond motifs is 1. The Hall–Kier alpha value is -2.75. The first-order chi connectivity index (χ1) is 15.3. The monoisotopic (exact) mass is 433 g/mol. The molecule has 0 bridgehead atoms. The number of benzene rings is 2. The molecule has 0 saturated heterocycles. The lowest BCUT2D eigenvalue weighted by Crippen LogP contribution is -2.33. The predicted molar refractivity (Wildman–Crippen MR) is 137 cm³/mol. The maximum absolute atomic E-state index is 13.0.